The van der Waals surface area contributed by atoms with Crippen molar-refractivity contribution >= 4 is 15.7 Å². The minimum Gasteiger partial charge on any atom is -0.397 e. The summed E-state index contributed by atoms with van der Waals surface area (Å²) in [5, 5.41) is 4.05. The van der Waals surface area contributed by atoms with Crippen molar-refractivity contribution in [3.63, 3.8) is 0 Å². The zero-order valence-electron chi connectivity index (χ0n) is 10.1. The van der Waals surface area contributed by atoms with Gasteiger partial charge in [0, 0.05) is 26.5 Å². The Balaban J connectivity index is 2.50. The van der Waals surface area contributed by atoms with E-state index in [4.69, 9.17) is 5.73 Å². The molecule has 96 valence electrons. The molecule has 0 atom stereocenters. The molecule has 2 rings (SSSR count). The SMILES string of the molecule is CN(C)S(=O)(=O)c1ccc(-n2cccn2)c(N)c1. The quantitative estimate of drug-likeness (QED) is 0.829. The van der Waals surface area contributed by atoms with Crippen molar-refractivity contribution in [2.45, 2.75) is 4.90 Å². The van der Waals surface area contributed by atoms with Crippen LogP contribution in [0.3, 0.4) is 0 Å². The largest absolute Gasteiger partial charge is 0.397 e. The molecule has 0 saturated carbocycles. The van der Waals surface area contributed by atoms with E-state index in [0.717, 1.165) is 4.31 Å². The second-order valence-corrected chi connectivity index (χ2v) is 6.11. The maximum absolute atomic E-state index is 11.9. The first-order valence-electron chi connectivity index (χ1n) is 5.25. The Labute approximate surface area is 106 Å². The minimum absolute atomic E-state index is 0.168. The van der Waals surface area contributed by atoms with Crippen molar-refractivity contribution in [1.29, 1.82) is 0 Å². The monoisotopic (exact) mass is 266 g/mol. The van der Waals surface area contributed by atoms with Gasteiger partial charge in [-0.1, -0.05) is 0 Å². The van der Waals surface area contributed by atoms with Crippen molar-refractivity contribution in [1.82, 2.24) is 14.1 Å². The van der Waals surface area contributed by atoms with Gasteiger partial charge >= 0.3 is 0 Å². The Hall–Kier alpha value is -1.86. The van der Waals surface area contributed by atoms with Crippen LogP contribution >= 0.6 is 0 Å². The molecule has 0 aliphatic carbocycles. The van der Waals surface area contributed by atoms with Gasteiger partial charge in [-0.25, -0.2) is 17.4 Å². The molecule has 0 unspecified atom stereocenters. The molecule has 0 fully saturated rings. The molecule has 1 heterocycles. The summed E-state index contributed by atoms with van der Waals surface area (Å²) >= 11 is 0. The van der Waals surface area contributed by atoms with Gasteiger partial charge in [-0.05, 0) is 24.3 Å². The summed E-state index contributed by atoms with van der Waals surface area (Å²) in [6.45, 7) is 0. The normalized spacial score (nSPS) is 11.9. The number of nitrogens with two attached hydrogens (primary N) is 1. The minimum atomic E-state index is -3.46. The Bertz CT molecular complexity index is 648. The Kier molecular flexibility index (Phi) is 3.10. The molecule has 0 spiro atoms. The standard InChI is InChI=1S/C11H14N4O2S/c1-14(2)18(16,17)9-4-5-11(10(12)8-9)15-7-3-6-13-15/h3-8H,12H2,1-2H3. The second-order valence-electron chi connectivity index (χ2n) is 3.96. The molecule has 1 aromatic heterocycles. The number of rotatable bonds is 3. The number of sulfonamides is 1. The van der Waals surface area contributed by atoms with Crippen LogP contribution < -0.4 is 5.73 Å². The van der Waals surface area contributed by atoms with Crippen LogP contribution in [0, 0.1) is 0 Å². The van der Waals surface area contributed by atoms with E-state index in [1.165, 1.54) is 26.2 Å². The molecule has 1 aromatic carbocycles. The van der Waals surface area contributed by atoms with Crippen LogP contribution in [0.25, 0.3) is 5.69 Å². The molecule has 2 N–H and O–H groups in total. The van der Waals surface area contributed by atoms with Crippen LogP contribution in [-0.4, -0.2) is 36.6 Å². The van der Waals surface area contributed by atoms with Gasteiger partial charge in [-0.15, -0.1) is 0 Å². The van der Waals surface area contributed by atoms with Gasteiger partial charge < -0.3 is 5.73 Å². The third kappa shape index (κ3) is 2.09. The van der Waals surface area contributed by atoms with Gasteiger partial charge in [0.1, 0.15) is 0 Å². The van der Waals surface area contributed by atoms with E-state index < -0.39 is 10.0 Å². The molecule has 7 heteroatoms. The van der Waals surface area contributed by atoms with Gasteiger partial charge in [-0.3, -0.25) is 0 Å². The van der Waals surface area contributed by atoms with Gasteiger partial charge in [0.2, 0.25) is 10.0 Å². The number of nitrogen functional groups attached to an aromatic ring is 1. The molecule has 2 aromatic rings. The highest BCUT2D eigenvalue weighted by Crippen LogP contribution is 2.22. The average molecular weight is 266 g/mol. The topological polar surface area (TPSA) is 81.2 Å². The first kappa shape index (κ1) is 12.6. The molecule has 18 heavy (non-hydrogen) atoms. The van der Waals surface area contributed by atoms with Gasteiger partial charge in [-0.2, -0.15) is 5.10 Å². The highest BCUT2D eigenvalue weighted by molar-refractivity contribution is 7.89. The third-order valence-corrected chi connectivity index (χ3v) is 4.34. The fourth-order valence-electron chi connectivity index (χ4n) is 1.52. The Morgan fingerprint density at radius 3 is 2.56 bits per heavy atom. The third-order valence-electron chi connectivity index (χ3n) is 2.53. The molecule has 6 nitrogen and oxygen atoms in total. The Morgan fingerprint density at radius 1 is 1.33 bits per heavy atom. The smallest absolute Gasteiger partial charge is 0.242 e. The van der Waals surface area contributed by atoms with Gasteiger partial charge in [0.15, 0.2) is 0 Å². The van der Waals surface area contributed by atoms with Gasteiger partial charge in [0.05, 0.1) is 16.3 Å². The zero-order valence-corrected chi connectivity index (χ0v) is 10.9. The van der Waals surface area contributed by atoms with Crippen molar-refractivity contribution in [3.05, 3.63) is 36.7 Å². The first-order chi connectivity index (χ1) is 8.43. The van der Waals surface area contributed by atoms with Crippen molar-refractivity contribution in [2.24, 2.45) is 0 Å². The lowest BCUT2D eigenvalue weighted by Crippen LogP contribution is -2.22. The second kappa shape index (κ2) is 4.43. The van der Waals surface area contributed by atoms with Crippen LogP contribution in [0.1, 0.15) is 0 Å². The van der Waals surface area contributed by atoms with Crippen molar-refractivity contribution in [3.8, 4) is 5.69 Å². The van der Waals surface area contributed by atoms with Crippen LogP contribution in [0.4, 0.5) is 5.69 Å². The average Bonchev–Trinajstić information content (AvgIpc) is 2.82. The van der Waals surface area contributed by atoms with Gasteiger partial charge in [0.25, 0.3) is 0 Å². The first-order valence-corrected chi connectivity index (χ1v) is 6.69. The number of hydrogen-bond acceptors (Lipinski definition) is 4. The maximum atomic E-state index is 11.9. The van der Waals surface area contributed by atoms with E-state index in [1.807, 2.05) is 0 Å². The van der Waals surface area contributed by atoms with E-state index in [0.29, 0.717) is 11.4 Å². The molecular formula is C11H14N4O2S. The number of nitrogens with zero attached hydrogens (tertiary/aromatic N) is 3. The number of benzene rings is 1. The summed E-state index contributed by atoms with van der Waals surface area (Å²) in [7, 11) is -0.503. The molecule has 0 amide bonds. The molecule has 0 bridgehead atoms. The van der Waals surface area contributed by atoms with Crippen molar-refractivity contribution in [2.75, 3.05) is 19.8 Å². The Morgan fingerprint density at radius 2 is 2.06 bits per heavy atom. The summed E-state index contributed by atoms with van der Waals surface area (Å²) < 4.78 is 26.6. The maximum Gasteiger partial charge on any atom is 0.242 e. The van der Waals surface area contributed by atoms with E-state index in [2.05, 4.69) is 5.10 Å². The van der Waals surface area contributed by atoms with Crippen LogP contribution in [-0.2, 0) is 10.0 Å². The molecule has 0 saturated heterocycles. The van der Waals surface area contributed by atoms with Crippen LogP contribution in [0.5, 0.6) is 0 Å². The molecule has 0 radical (unpaired) electrons. The van der Waals surface area contributed by atoms with E-state index in [9.17, 15) is 8.42 Å². The molecule has 0 aliphatic rings. The summed E-state index contributed by atoms with van der Waals surface area (Å²) in [6.07, 6.45) is 3.37. The van der Waals surface area contributed by atoms with E-state index in [1.54, 1.807) is 29.2 Å². The van der Waals surface area contributed by atoms with E-state index in [-0.39, 0.29) is 4.90 Å². The molecule has 0 aliphatic heterocycles. The predicted octanol–water partition coefficient (Wildman–Crippen LogP) is 0.705. The van der Waals surface area contributed by atoms with Crippen molar-refractivity contribution < 1.29 is 8.42 Å². The highest BCUT2D eigenvalue weighted by Gasteiger charge is 2.18. The summed E-state index contributed by atoms with van der Waals surface area (Å²) in [5.41, 5.74) is 6.88. The van der Waals surface area contributed by atoms with E-state index >= 15 is 0 Å². The van der Waals surface area contributed by atoms with Crippen LogP contribution in [0.2, 0.25) is 0 Å². The zero-order chi connectivity index (χ0) is 13.3. The fraction of sp³-hybridized carbons (Fsp3) is 0.182. The summed E-state index contributed by atoms with van der Waals surface area (Å²) in [6, 6.07) is 6.36. The number of hydrogen-bond donors (Lipinski definition) is 1. The lowest BCUT2D eigenvalue weighted by Gasteiger charge is -2.13. The number of anilines is 1. The van der Waals surface area contributed by atoms with Crippen LogP contribution in [0.15, 0.2) is 41.6 Å². The predicted molar refractivity (Wildman–Crippen MR) is 68.8 cm³/mol. The summed E-state index contributed by atoms with van der Waals surface area (Å²) in [4.78, 5) is 0.168. The highest BCUT2D eigenvalue weighted by atomic mass is 32.2. The molecular weight excluding hydrogens is 252 g/mol. The number of aromatic nitrogens is 2. The lowest BCUT2D eigenvalue weighted by atomic mass is 10.3. The summed E-state index contributed by atoms with van der Waals surface area (Å²) in [5.74, 6) is 0. The fourth-order valence-corrected chi connectivity index (χ4v) is 2.46. The lowest BCUT2D eigenvalue weighted by molar-refractivity contribution is 0.521.